The molecule has 0 heterocycles. The van der Waals surface area contributed by atoms with Crippen LogP contribution in [0, 0.1) is 5.92 Å². The maximum Gasteiger partial charge on any atom is 0.220 e. The standard InChI is InChI=1S/C18H27NO2/c1-14-6-3-4-8-17(14)19-18(20)9-5-7-15-10-12-16(21-2)13-11-15/h10-14,17H,3-9H2,1-2H3,(H,19,20)/t14-,17-/m1/s1. The molecular weight excluding hydrogens is 262 g/mol. The van der Waals surface area contributed by atoms with Crippen LogP contribution in [0.4, 0.5) is 0 Å². The van der Waals surface area contributed by atoms with Crippen molar-refractivity contribution in [1.29, 1.82) is 0 Å². The van der Waals surface area contributed by atoms with Crippen LogP contribution in [0.5, 0.6) is 5.75 Å². The third-order valence-corrected chi connectivity index (χ3v) is 4.49. The van der Waals surface area contributed by atoms with E-state index in [0.717, 1.165) is 25.0 Å². The lowest BCUT2D eigenvalue weighted by atomic mass is 9.86. The first kappa shape index (κ1) is 15.9. The Balaban J connectivity index is 1.68. The van der Waals surface area contributed by atoms with Crippen molar-refractivity contribution in [3.8, 4) is 5.75 Å². The van der Waals surface area contributed by atoms with Crippen molar-refractivity contribution < 1.29 is 9.53 Å². The molecule has 0 aromatic heterocycles. The molecular formula is C18H27NO2. The molecule has 0 spiro atoms. The van der Waals surface area contributed by atoms with Gasteiger partial charge in [-0.3, -0.25) is 4.79 Å². The SMILES string of the molecule is COc1ccc(CCCC(=O)N[C@@H]2CCCC[C@H]2C)cc1. The highest BCUT2D eigenvalue weighted by molar-refractivity contribution is 5.76. The molecule has 1 amide bonds. The normalized spacial score (nSPS) is 21.8. The van der Waals surface area contributed by atoms with E-state index in [2.05, 4.69) is 24.4 Å². The Bertz CT molecular complexity index is 441. The molecule has 116 valence electrons. The molecule has 3 heteroatoms. The number of rotatable bonds is 6. The smallest absolute Gasteiger partial charge is 0.220 e. The van der Waals surface area contributed by atoms with Gasteiger partial charge in [0.1, 0.15) is 5.75 Å². The Labute approximate surface area is 128 Å². The van der Waals surface area contributed by atoms with Crippen molar-refractivity contribution in [2.75, 3.05) is 7.11 Å². The van der Waals surface area contributed by atoms with Crippen LogP contribution < -0.4 is 10.1 Å². The second-order valence-electron chi connectivity index (χ2n) is 6.14. The van der Waals surface area contributed by atoms with Crippen molar-refractivity contribution in [1.82, 2.24) is 5.32 Å². The first-order valence-corrected chi connectivity index (χ1v) is 8.11. The molecule has 21 heavy (non-hydrogen) atoms. The summed E-state index contributed by atoms with van der Waals surface area (Å²) in [6.07, 6.45) is 7.42. The largest absolute Gasteiger partial charge is 0.497 e. The van der Waals surface area contributed by atoms with Gasteiger partial charge in [0.2, 0.25) is 5.91 Å². The van der Waals surface area contributed by atoms with Gasteiger partial charge in [-0.05, 0) is 49.3 Å². The van der Waals surface area contributed by atoms with E-state index >= 15 is 0 Å². The monoisotopic (exact) mass is 289 g/mol. The van der Waals surface area contributed by atoms with Crippen molar-refractivity contribution in [3.63, 3.8) is 0 Å². The molecule has 1 aromatic rings. The van der Waals surface area contributed by atoms with Gasteiger partial charge in [-0.15, -0.1) is 0 Å². The number of hydrogen-bond donors (Lipinski definition) is 1. The molecule has 1 aliphatic carbocycles. The zero-order chi connectivity index (χ0) is 15.1. The van der Waals surface area contributed by atoms with E-state index in [1.54, 1.807) is 7.11 Å². The summed E-state index contributed by atoms with van der Waals surface area (Å²) in [5.41, 5.74) is 1.26. The van der Waals surface area contributed by atoms with Crippen LogP contribution in [0.15, 0.2) is 24.3 Å². The average molecular weight is 289 g/mol. The Hall–Kier alpha value is -1.51. The summed E-state index contributed by atoms with van der Waals surface area (Å²) in [5, 5.41) is 3.21. The van der Waals surface area contributed by atoms with Gasteiger partial charge in [-0.1, -0.05) is 31.9 Å². The fraction of sp³-hybridized carbons (Fsp3) is 0.611. The fourth-order valence-corrected chi connectivity index (χ4v) is 3.05. The van der Waals surface area contributed by atoms with E-state index in [1.165, 1.54) is 24.8 Å². The van der Waals surface area contributed by atoms with Crippen LogP contribution in [0.3, 0.4) is 0 Å². The van der Waals surface area contributed by atoms with Crippen molar-refractivity contribution in [3.05, 3.63) is 29.8 Å². The van der Waals surface area contributed by atoms with Gasteiger partial charge in [0, 0.05) is 12.5 Å². The molecule has 0 unspecified atom stereocenters. The molecule has 0 aliphatic heterocycles. The van der Waals surface area contributed by atoms with E-state index in [-0.39, 0.29) is 5.91 Å². The Morgan fingerprint density at radius 2 is 1.95 bits per heavy atom. The Morgan fingerprint density at radius 1 is 1.24 bits per heavy atom. The molecule has 2 rings (SSSR count). The quantitative estimate of drug-likeness (QED) is 0.867. The average Bonchev–Trinajstić information content (AvgIpc) is 2.50. The molecule has 2 atom stereocenters. The summed E-state index contributed by atoms with van der Waals surface area (Å²) >= 11 is 0. The third kappa shape index (κ3) is 5.07. The van der Waals surface area contributed by atoms with Gasteiger partial charge in [0.15, 0.2) is 0 Å². The zero-order valence-corrected chi connectivity index (χ0v) is 13.2. The number of hydrogen-bond acceptors (Lipinski definition) is 2. The van der Waals surface area contributed by atoms with Crippen LogP contribution in [0.25, 0.3) is 0 Å². The summed E-state index contributed by atoms with van der Waals surface area (Å²) in [6.45, 7) is 2.25. The van der Waals surface area contributed by atoms with Gasteiger partial charge in [0.25, 0.3) is 0 Å². The fourth-order valence-electron chi connectivity index (χ4n) is 3.05. The number of nitrogens with one attached hydrogen (secondary N) is 1. The van der Waals surface area contributed by atoms with Gasteiger partial charge in [-0.2, -0.15) is 0 Å². The summed E-state index contributed by atoms with van der Waals surface area (Å²) in [5.74, 6) is 1.72. The summed E-state index contributed by atoms with van der Waals surface area (Å²) in [4.78, 5) is 12.0. The minimum Gasteiger partial charge on any atom is -0.497 e. The molecule has 0 radical (unpaired) electrons. The summed E-state index contributed by atoms with van der Waals surface area (Å²) in [6, 6.07) is 8.48. The van der Waals surface area contributed by atoms with E-state index in [9.17, 15) is 4.79 Å². The van der Waals surface area contributed by atoms with E-state index in [0.29, 0.717) is 18.4 Å². The zero-order valence-electron chi connectivity index (χ0n) is 13.2. The summed E-state index contributed by atoms with van der Waals surface area (Å²) in [7, 11) is 1.67. The predicted octanol–water partition coefficient (Wildman–Crippen LogP) is 3.71. The highest BCUT2D eigenvalue weighted by Gasteiger charge is 2.22. The Morgan fingerprint density at radius 3 is 2.62 bits per heavy atom. The highest BCUT2D eigenvalue weighted by Crippen LogP contribution is 2.23. The molecule has 1 saturated carbocycles. The number of ether oxygens (including phenoxy) is 1. The van der Waals surface area contributed by atoms with Gasteiger partial charge < -0.3 is 10.1 Å². The molecule has 1 fully saturated rings. The van der Waals surface area contributed by atoms with Gasteiger partial charge in [0.05, 0.1) is 7.11 Å². The lowest BCUT2D eigenvalue weighted by molar-refractivity contribution is -0.122. The second kappa shape index (κ2) is 8.06. The van der Waals surface area contributed by atoms with E-state index in [1.807, 2.05) is 12.1 Å². The minimum atomic E-state index is 0.210. The van der Waals surface area contributed by atoms with Crippen LogP contribution in [-0.2, 0) is 11.2 Å². The van der Waals surface area contributed by atoms with Crippen molar-refractivity contribution in [2.24, 2.45) is 5.92 Å². The first-order chi connectivity index (χ1) is 10.2. The van der Waals surface area contributed by atoms with Crippen LogP contribution in [0.1, 0.15) is 51.0 Å². The van der Waals surface area contributed by atoms with Crippen LogP contribution in [0.2, 0.25) is 0 Å². The molecule has 1 aromatic carbocycles. The number of methoxy groups -OCH3 is 1. The maximum atomic E-state index is 12.0. The van der Waals surface area contributed by atoms with Gasteiger partial charge >= 0.3 is 0 Å². The second-order valence-corrected chi connectivity index (χ2v) is 6.14. The van der Waals surface area contributed by atoms with Crippen molar-refractivity contribution >= 4 is 5.91 Å². The van der Waals surface area contributed by atoms with Crippen LogP contribution >= 0.6 is 0 Å². The minimum absolute atomic E-state index is 0.210. The molecule has 1 N–H and O–H groups in total. The van der Waals surface area contributed by atoms with E-state index < -0.39 is 0 Å². The van der Waals surface area contributed by atoms with Gasteiger partial charge in [-0.25, -0.2) is 0 Å². The predicted molar refractivity (Wildman–Crippen MR) is 85.5 cm³/mol. The lowest BCUT2D eigenvalue weighted by Crippen LogP contribution is -2.40. The number of carbonyl (C=O) groups excluding carboxylic acids is 1. The molecule has 3 nitrogen and oxygen atoms in total. The first-order valence-electron chi connectivity index (χ1n) is 8.11. The number of benzene rings is 1. The summed E-state index contributed by atoms with van der Waals surface area (Å²) < 4.78 is 5.14. The number of aryl methyl sites for hydroxylation is 1. The Kier molecular flexibility index (Phi) is 6.09. The maximum absolute atomic E-state index is 12.0. The van der Waals surface area contributed by atoms with E-state index in [4.69, 9.17) is 4.74 Å². The van der Waals surface area contributed by atoms with Crippen LogP contribution in [-0.4, -0.2) is 19.1 Å². The molecule has 0 bridgehead atoms. The molecule has 1 aliphatic rings. The topological polar surface area (TPSA) is 38.3 Å². The number of amides is 1. The highest BCUT2D eigenvalue weighted by atomic mass is 16.5. The number of carbonyl (C=O) groups is 1. The lowest BCUT2D eigenvalue weighted by Gasteiger charge is -2.29. The third-order valence-electron chi connectivity index (χ3n) is 4.49. The molecule has 0 saturated heterocycles. The van der Waals surface area contributed by atoms with Crippen molar-refractivity contribution in [2.45, 2.75) is 57.9 Å².